The summed E-state index contributed by atoms with van der Waals surface area (Å²) >= 11 is 20.6. The predicted octanol–water partition coefficient (Wildman–Crippen LogP) is 7.61. The van der Waals surface area contributed by atoms with E-state index in [1.54, 1.807) is 6.07 Å². The van der Waals surface area contributed by atoms with E-state index in [1.807, 2.05) is 0 Å². The average molecular weight is 599 g/mol. The molecule has 13 heteroatoms. The molecule has 1 unspecified atom stereocenters. The summed E-state index contributed by atoms with van der Waals surface area (Å²) in [6.07, 6.45) is -1.53. The van der Waals surface area contributed by atoms with Gasteiger partial charge in [-0.05, 0) is 57.9 Å². The molecule has 178 valence electrons. The van der Waals surface area contributed by atoms with Crippen LogP contribution in [0.4, 0.5) is 23.5 Å². The molecule has 0 aliphatic rings. The van der Waals surface area contributed by atoms with E-state index in [1.165, 1.54) is 30.6 Å². The molecule has 3 aromatic rings. The van der Waals surface area contributed by atoms with Gasteiger partial charge in [0.15, 0.2) is 0 Å². The highest BCUT2D eigenvalue weighted by Gasteiger charge is 2.40. The van der Waals surface area contributed by atoms with Gasteiger partial charge < -0.3 is 0 Å². The molecule has 2 aromatic carbocycles. The van der Waals surface area contributed by atoms with Gasteiger partial charge in [0.25, 0.3) is 5.91 Å². The van der Waals surface area contributed by atoms with Crippen LogP contribution >= 0.6 is 50.7 Å². The van der Waals surface area contributed by atoms with Crippen LogP contribution in [0, 0.1) is 0 Å². The third kappa shape index (κ3) is 6.38. The van der Waals surface area contributed by atoms with Crippen LogP contribution in [-0.2, 0) is 0 Å². The standard InChI is InChI=1S/C21H12BrCl3F4N4O/c22-14-6-10(2-3-12(14)19(34)32-33-20-30-4-1-5-31-20)17(26)9-13(21(27,28)29)11-7-15(23)18(25)16(24)8-11/h1-9,13H,(H,32,34)(H,30,31,33). The minimum absolute atomic E-state index is 0.0867. The van der Waals surface area contributed by atoms with Crippen molar-refractivity contribution >= 4 is 68.4 Å². The number of halogens is 8. The summed E-state index contributed by atoms with van der Waals surface area (Å²) in [7, 11) is 0. The van der Waals surface area contributed by atoms with Crippen molar-refractivity contribution in [3.8, 4) is 0 Å². The molecule has 0 saturated carbocycles. The number of allylic oxidation sites excluding steroid dienone is 1. The van der Waals surface area contributed by atoms with Crippen molar-refractivity contribution in [1.82, 2.24) is 15.4 Å². The number of amides is 1. The number of hydrogen-bond acceptors (Lipinski definition) is 4. The number of nitrogens with one attached hydrogen (secondary N) is 2. The Bertz CT molecular complexity index is 1220. The topological polar surface area (TPSA) is 66.9 Å². The Morgan fingerprint density at radius 3 is 2.24 bits per heavy atom. The summed E-state index contributed by atoms with van der Waals surface area (Å²) in [5.41, 5.74) is 4.37. The molecule has 0 fully saturated rings. The monoisotopic (exact) mass is 596 g/mol. The Morgan fingerprint density at radius 1 is 1.06 bits per heavy atom. The molecule has 0 radical (unpaired) electrons. The maximum atomic E-state index is 14.9. The van der Waals surface area contributed by atoms with Gasteiger partial charge in [-0.2, -0.15) is 13.2 Å². The van der Waals surface area contributed by atoms with Crippen LogP contribution in [0.3, 0.4) is 0 Å². The minimum Gasteiger partial charge on any atom is -0.267 e. The first-order valence-electron chi connectivity index (χ1n) is 9.19. The van der Waals surface area contributed by atoms with Crippen LogP contribution in [0.25, 0.3) is 5.83 Å². The smallest absolute Gasteiger partial charge is 0.267 e. The molecular formula is C21H12BrCl3F4N4O. The zero-order valence-electron chi connectivity index (χ0n) is 16.6. The van der Waals surface area contributed by atoms with E-state index >= 15 is 0 Å². The zero-order valence-corrected chi connectivity index (χ0v) is 20.5. The van der Waals surface area contributed by atoms with Crippen molar-refractivity contribution < 1.29 is 22.4 Å². The number of hydrogen-bond donors (Lipinski definition) is 2. The molecular weight excluding hydrogens is 587 g/mol. The maximum absolute atomic E-state index is 14.9. The van der Waals surface area contributed by atoms with Gasteiger partial charge in [0.2, 0.25) is 5.95 Å². The number of hydrazine groups is 1. The highest BCUT2D eigenvalue weighted by Crippen LogP contribution is 2.42. The molecule has 1 aromatic heterocycles. The van der Waals surface area contributed by atoms with Gasteiger partial charge in [0.05, 0.1) is 20.6 Å². The van der Waals surface area contributed by atoms with Crippen LogP contribution in [0.2, 0.25) is 15.1 Å². The molecule has 3 rings (SSSR count). The number of alkyl halides is 3. The van der Waals surface area contributed by atoms with Crippen LogP contribution in [-0.4, -0.2) is 22.1 Å². The summed E-state index contributed by atoms with van der Waals surface area (Å²) in [6, 6.07) is 7.13. The Labute approximate surface area is 214 Å². The van der Waals surface area contributed by atoms with Crippen molar-refractivity contribution in [3.05, 3.63) is 91.1 Å². The first kappa shape index (κ1) is 26.2. The number of nitrogens with zero attached hydrogens (tertiary/aromatic N) is 2. The van der Waals surface area contributed by atoms with Gasteiger partial charge in [0.1, 0.15) is 11.7 Å². The third-order valence-electron chi connectivity index (χ3n) is 4.37. The Kier molecular flexibility index (Phi) is 8.40. The number of benzene rings is 2. The van der Waals surface area contributed by atoms with Crippen molar-refractivity contribution in [2.24, 2.45) is 0 Å². The maximum Gasteiger partial charge on any atom is 0.399 e. The van der Waals surface area contributed by atoms with E-state index in [4.69, 9.17) is 34.8 Å². The van der Waals surface area contributed by atoms with E-state index in [-0.39, 0.29) is 42.2 Å². The summed E-state index contributed by atoms with van der Waals surface area (Å²) in [6.45, 7) is 0. The Morgan fingerprint density at radius 2 is 1.68 bits per heavy atom. The van der Waals surface area contributed by atoms with Crippen LogP contribution in [0.5, 0.6) is 0 Å². The van der Waals surface area contributed by atoms with Crippen molar-refractivity contribution in [3.63, 3.8) is 0 Å². The third-order valence-corrected chi connectivity index (χ3v) is 6.23. The fraction of sp³-hybridized carbons (Fsp3) is 0.0952. The summed E-state index contributed by atoms with van der Waals surface area (Å²) in [5, 5.41) is -0.497. The van der Waals surface area contributed by atoms with E-state index < -0.39 is 23.8 Å². The lowest BCUT2D eigenvalue weighted by Crippen LogP contribution is -2.30. The van der Waals surface area contributed by atoms with Gasteiger partial charge in [-0.15, -0.1) is 0 Å². The largest absolute Gasteiger partial charge is 0.399 e. The molecule has 0 bridgehead atoms. The number of aromatic nitrogens is 2. The van der Waals surface area contributed by atoms with Crippen molar-refractivity contribution in [2.45, 2.75) is 12.1 Å². The minimum atomic E-state index is -4.85. The molecule has 0 aliphatic heterocycles. The number of anilines is 1. The lowest BCUT2D eigenvalue weighted by Gasteiger charge is -2.19. The van der Waals surface area contributed by atoms with E-state index in [9.17, 15) is 22.4 Å². The van der Waals surface area contributed by atoms with Crippen molar-refractivity contribution in [1.29, 1.82) is 0 Å². The normalized spacial score (nSPS) is 12.9. The van der Waals surface area contributed by atoms with Gasteiger partial charge in [-0.25, -0.2) is 14.4 Å². The van der Waals surface area contributed by atoms with E-state index in [0.717, 1.165) is 12.1 Å². The second-order valence-electron chi connectivity index (χ2n) is 6.68. The Hall–Kier alpha value is -2.40. The number of carbonyl (C=O) groups is 1. The molecule has 0 saturated heterocycles. The lowest BCUT2D eigenvalue weighted by atomic mass is 9.96. The first-order chi connectivity index (χ1) is 16.0. The number of rotatable bonds is 6. The summed E-state index contributed by atoms with van der Waals surface area (Å²) in [5.74, 6) is -4.00. The summed E-state index contributed by atoms with van der Waals surface area (Å²) in [4.78, 5) is 20.1. The Balaban J connectivity index is 1.86. The summed E-state index contributed by atoms with van der Waals surface area (Å²) < 4.78 is 56.2. The van der Waals surface area contributed by atoms with Gasteiger partial charge in [-0.1, -0.05) is 40.9 Å². The van der Waals surface area contributed by atoms with Crippen LogP contribution < -0.4 is 10.9 Å². The first-order valence-corrected chi connectivity index (χ1v) is 11.1. The fourth-order valence-electron chi connectivity index (χ4n) is 2.77. The van der Waals surface area contributed by atoms with Crippen molar-refractivity contribution in [2.75, 3.05) is 5.43 Å². The van der Waals surface area contributed by atoms with Gasteiger partial charge in [-0.3, -0.25) is 15.6 Å². The molecule has 1 heterocycles. The van der Waals surface area contributed by atoms with Gasteiger partial charge >= 0.3 is 6.18 Å². The molecule has 5 nitrogen and oxygen atoms in total. The fourth-order valence-corrected chi connectivity index (χ4v) is 3.94. The number of carbonyl (C=O) groups excluding carboxylic acids is 1. The molecule has 1 atom stereocenters. The zero-order chi connectivity index (χ0) is 25.0. The highest BCUT2D eigenvalue weighted by molar-refractivity contribution is 9.10. The quantitative estimate of drug-likeness (QED) is 0.174. The molecule has 2 N–H and O–H groups in total. The SMILES string of the molecule is O=C(NNc1ncccn1)c1ccc(C(F)=CC(c2cc(Cl)c(Cl)c(Cl)c2)C(F)(F)F)cc1Br. The van der Waals surface area contributed by atoms with E-state index in [2.05, 4.69) is 36.7 Å². The lowest BCUT2D eigenvalue weighted by molar-refractivity contribution is -0.139. The van der Waals surface area contributed by atoms with Crippen LogP contribution in [0.1, 0.15) is 27.4 Å². The molecule has 34 heavy (non-hydrogen) atoms. The molecule has 0 spiro atoms. The van der Waals surface area contributed by atoms with Crippen LogP contribution in [0.15, 0.2) is 59.3 Å². The molecule has 1 amide bonds. The van der Waals surface area contributed by atoms with E-state index in [0.29, 0.717) is 6.08 Å². The molecule has 0 aliphatic carbocycles. The highest BCUT2D eigenvalue weighted by atomic mass is 79.9. The average Bonchev–Trinajstić information content (AvgIpc) is 2.78. The second kappa shape index (κ2) is 10.9. The predicted molar refractivity (Wildman–Crippen MR) is 127 cm³/mol. The second-order valence-corrected chi connectivity index (χ2v) is 8.73. The van der Waals surface area contributed by atoms with Gasteiger partial charge in [0, 0.05) is 22.4 Å².